The molecular formula is C21H33NO14. The van der Waals surface area contributed by atoms with E-state index >= 15 is 0 Å². The summed E-state index contributed by atoms with van der Waals surface area (Å²) in [4.78, 5) is 10.4. The van der Waals surface area contributed by atoms with Crippen molar-refractivity contribution >= 4 is 5.97 Å². The summed E-state index contributed by atoms with van der Waals surface area (Å²) >= 11 is 0. The molecule has 0 bridgehead atoms. The van der Waals surface area contributed by atoms with Crippen molar-refractivity contribution in [1.82, 2.24) is 0 Å². The van der Waals surface area contributed by atoms with Gasteiger partial charge in [0.2, 0.25) is 0 Å². The summed E-state index contributed by atoms with van der Waals surface area (Å²) in [5, 5.41) is 94.0. The number of rotatable bonds is 7. The lowest BCUT2D eigenvalue weighted by Crippen LogP contribution is -2.64. The third-order valence-corrected chi connectivity index (χ3v) is 5.69. The number of aromatic hydroxyl groups is 1. The van der Waals surface area contributed by atoms with Gasteiger partial charge in [0, 0.05) is 0 Å². The summed E-state index contributed by atoms with van der Waals surface area (Å²) in [7, 11) is 0. The molecule has 12 N–H and O–H groups in total. The van der Waals surface area contributed by atoms with Crippen LogP contribution in [0.3, 0.4) is 0 Å². The number of carbonyl (C=O) groups is 1. The van der Waals surface area contributed by atoms with E-state index in [-0.39, 0.29) is 12.2 Å². The number of ether oxygens (including phenoxy) is 3. The molecule has 0 saturated carbocycles. The standard InChI is InChI=1S/C12H22O11.C9H11NO3/c13-1-3-5(15)6(16)9(19)12(22-3)23-10-4(2-14)21-11(20)8(18)7(10)17;10-8(9(12)13)5-6-1-3-7(11)4-2-6/h3-20H,1-2H2;1-4,8,11H,5,10H2,(H,12,13)/t3-,4-,5+,6+,7-,8-,9-,10-,11?,12+;8-/m10/s1. The average molecular weight is 523 g/mol. The van der Waals surface area contributed by atoms with Gasteiger partial charge in [-0.2, -0.15) is 0 Å². The smallest absolute Gasteiger partial charge is 0.320 e. The number of carboxylic acids is 1. The third-order valence-electron chi connectivity index (χ3n) is 5.69. The molecule has 3 rings (SSSR count). The predicted octanol–water partition coefficient (Wildman–Crippen LogP) is -5.05. The van der Waals surface area contributed by atoms with Crippen molar-refractivity contribution in [2.45, 2.75) is 73.9 Å². The van der Waals surface area contributed by atoms with Gasteiger partial charge in [-0.05, 0) is 24.1 Å². The lowest BCUT2D eigenvalue weighted by atomic mass is 9.97. The number of hydrogen-bond donors (Lipinski definition) is 11. The summed E-state index contributed by atoms with van der Waals surface area (Å²) < 4.78 is 15.3. The van der Waals surface area contributed by atoms with Gasteiger partial charge in [-0.1, -0.05) is 12.1 Å². The normalized spacial score (nSPS) is 37.5. The molecule has 36 heavy (non-hydrogen) atoms. The van der Waals surface area contributed by atoms with Crippen LogP contribution in [-0.2, 0) is 25.4 Å². The molecule has 1 aromatic carbocycles. The highest BCUT2D eigenvalue weighted by Gasteiger charge is 2.50. The molecule has 0 radical (unpaired) electrons. The van der Waals surface area contributed by atoms with Gasteiger partial charge < -0.3 is 71.0 Å². The highest BCUT2D eigenvalue weighted by molar-refractivity contribution is 5.73. The summed E-state index contributed by atoms with van der Waals surface area (Å²) in [6.07, 6.45) is -15.3. The van der Waals surface area contributed by atoms with Crippen LogP contribution in [0.5, 0.6) is 5.75 Å². The number of aliphatic hydroxyl groups excluding tert-OH is 8. The Hall–Kier alpha value is -1.99. The zero-order valence-corrected chi connectivity index (χ0v) is 19.0. The zero-order valence-electron chi connectivity index (χ0n) is 19.0. The first-order valence-corrected chi connectivity index (χ1v) is 10.9. The summed E-state index contributed by atoms with van der Waals surface area (Å²) in [6, 6.07) is 5.42. The van der Waals surface area contributed by atoms with E-state index in [2.05, 4.69) is 0 Å². The van der Waals surface area contributed by atoms with Gasteiger partial charge in [0.05, 0.1) is 13.2 Å². The molecule has 0 aromatic heterocycles. The maximum atomic E-state index is 10.4. The van der Waals surface area contributed by atoms with E-state index in [1.54, 1.807) is 12.1 Å². The first kappa shape index (κ1) is 30.2. The third kappa shape index (κ3) is 7.51. The molecule has 11 atom stereocenters. The Morgan fingerprint density at radius 2 is 1.44 bits per heavy atom. The van der Waals surface area contributed by atoms with Crippen LogP contribution in [0.4, 0.5) is 0 Å². The van der Waals surface area contributed by atoms with E-state index in [1.807, 2.05) is 0 Å². The van der Waals surface area contributed by atoms with Gasteiger partial charge in [0.25, 0.3) is 0 Å². The maximum Gasteiger partial charge on any atom is 0.320 e. The fraction of sp³-hybridized carbons (Fsp3) is 0.667. The zero-order chi connectivity index (χ0) is 27.2. The van der Waals surface area contributed by atoms with Crippen molar-refractivity contribution in [2.75, 3.05) is 13.2 Å². The van der Waals surface area contributed by atoms with E-state index in [0.29, 0.717) is 0 Å². The minimum atomic E-state index is -1.74. The van der Waals surface area contributed by atoms with Crippen LogP contribution in [0, 0.1) is 0 Å². The number of carboxylic acid groups (broad SMARTS) is 1. The second-order valence-corrected chi connectivity index (χ2v) is 8.34. The van der Waals surface area contributed by atoms with Crippen LogP contribution in [-0.4, -0.2) is 138 Å². The largest absolute Gasteiger partial charge is 0.508 e. The summed E-state index contributed by atoms with van der Waals surface area (Å²) in [5.41, 5.74) is 6.12. The highest BCUT2D eigenvalue weighted by atomic mass is 16.7. The summed E-state index contributed by atoms with van der Waals surface area (Å²) in [6.45, 7) is -1.35. The van der Waals surface area contributed by atoms with E-state index < -0.39 is 86.6 Å². The first-order chi connectivity index (χ1) is 16.9. The van der Waals surface area contributed by atoms with Crippen molar-refractivity contribution in [3.63, 3.8) is 0 Å². The number of benzene rings is 1. The number of nitrogens with two attached hydrogens (primary N) is 1. The van der Waals surface area contributed by atoms with Crippen LogP contribution in [0.15, 0.2) is 24.3 Å². The monoisotopic (exact) mass is 523 g/mol. The molecule has 0 spiro atoms. The number of hydrogen-bond acceptors (Lipinski definition) is 14. The number of aliphatic carboxylic acids is 1. The lowest BCUT2D eigenvalue weighted by Gasteiger charge is -2.45. The summed E-state index contributed by atoms with van der Waals surface area (Å²) in [5.74, 6) is -0.860. The van der Waals surface area contributed by atoms with Gasteiger partial charge in [-0.3, -0.25) is 4.79 Å². The van der Waals surface area contributed by atoms with Crippen molar-refractivity contribution in [2.24, 2.45) is 5.73 Å². The number of phenolic OH excluding ortho intramolecular Hbond substituents is 1. The quantitative estimate of drug-likeness (QED) is 0.160. The van der Waals surface area contributed by atoms with Gasteiger partial charge >= 0.3 is 5.97 Å². The van der Waals surface area contributed by atoms with Crippen LogP contribution < -0.4 is 5.73 Å². The van der Waals surface area contributed by atoms with Crippen LogP contribution in [0.2, 0.25) is 0 Å². The van der Waals surface area contributed by atoms with Crippen molar-refractivity contribution in [3.8, 4) is 5.75 Å². The molecule has 0 aliphatic carbocycles. The second-order valence-electron chi connectivity index (χ2n) is 8.34. The van der Waals surface area contributed by atoms with Crippen LogP contribution >= 0.6 is 0 Å². The minimum Gasteiger partial charge on any atom is -0.508 e. The van der Waals surface area contributed by atoms with Gasteiger partial charge in [0.1, 0.15) is 60.6 Å². The second kappa shape index (κ2) is 13.5. The number of phenols is 1. The highest BCUT2D eigenvalue weighted by Crippen LogP contribution is 2.28. The molecule has 15 heteroatoms. The predicted molar refractivity (Wildman–Crippen MR) is 116 cm³/mol. The average Bonchev–Trinajstić information content (AvgIpc) is 2.85. The molecule has 2 heterocycles. The van der Waals surface area contributed by atoms with Crippen molar-refractivity contribution in [3.05, 3.63) is 29.8 Å². The van der Waals surface area contributed by atoms with E-state index in [1.165, 1.54) is 12.1 Å². The molecule has 1 aromatic rings. The topological polar surface area (TPSA) is 273 Å². The molecule has 2 aliphatic heterocycles. The maximum absolute atomic E-state index is 10.4. The van der Waals surface area contributed by atoms with E-state index in [0.717, 1.165) is 5.56 Å². The van der Waals surface area contributed by atoms with Gasteiger partial charge in [0.15, 0.2) is 12.6 Å². The van der Waals surface area contributed by atoms with Gasteiger partial charge in [-0.25, -0.2) is 0 Å². The molecule has 206 valence electrons. The molecule has 1 unspecified atom stereocenters. The Bertz CT molecular complexity index is 808. The fourth-order valence-electron chi connectivity index (χ4n) is 3.54. The SMILES string of the molecule is N[C@@H](Cc1ccc(O)cc1)C(=O)O.OC[C@H]1O[C@@H](O[C@H]2[C@H](O)[C@@H](O)C(O)O[C@@H]2CO)[C@H](O)[C@@H](O)[C@H]1O. The van der Waals surface area contributed by atoms with E-state index in [9.17, 15) is 40.5 Å². The molecule has 2 fully saturated rings. The molecule has 0 amide bonds. The van der Waals surface area contributed by atoms with Gasteiger partial charge in [-0.15, -0.1) is 0 Å². The minimum absolute atomic E-state index is 0.160. The molecule has 15 nitrogen and oxygen atoms in total. The van der Waals surface area contributed by atoms with E-state index in [4.69, 9.17) is 35.3 Å². The lowest BCUT2D eigenvalue weighted by molar-refractivity contribution is -0.355. The Labute approximate surface area is 205 Å². The Morgan fingerprint density at radius 1 is 0.861 bits per heavy atom. The Morgan fingerprint density at radius 3 is 1.97 bits per heavy atom. The molecule has 2 saturated heterocycles. The van der Waals surface area contributed by atoms with Crippen molar-refractivity contribution < 1.29 is 70.1 Å². The molecule has 2 aliphatic rings. The first-order valence-electron chi connectivity index (χ1n) is 10.9. The molecular weight excluding hydrogens is 490 g/mol. The Kier molecular flexibility index (Phi) is 11.4. The number of aliphatic hydroxyl groups is 8. The Balaban J connectivity index is 0.000000297. The van der Waals surface area contributed by atoms with Crippen LogP contribution in [0.1, 0.15) is 5.56 Å². The van der Waals surface area contributed by atoms with Crippen LogP contribution in [0.25, 0.3) is 0 Å². The van der Waals surface area contributed by atoms with Crippen molar-refractivity contribution in [1.29, 1.82) is 0 Å². The fourth-order valence-corrected chi connectivity index (χ4v) is 3.54.